The maximum atomic E-state index is 11.1. The topological polar surface area (TPSA) is 69.7 Å². The van der Waals surface area contributed by atoms with Crippen LogP contribution in [0.1, 0.15) is 6.42 Å². The van der Waals surface area contributed by atoms with Gasteiger partial charge in [0.25, 0.3) is 0 Å². The highest BCUT2D eigenvalue weighted by Crippen LogP contribution is 2.40. The van der Waals surface area contributed by atoms with E-state index in [0.717, 1.165) is 0 Å². The maximum Gasteiger partial charge on any atom is 0.309 e. The predicted octanol–water partition coefficient (Wildman–Crippen LogP) is -0.216. The fourth-order valence-corrected chi connectivity index (χ4v) is 1.67. The standard InChI is InChI=1S/C9H12O5/c1-13-8(11)5-3-6(7(5)4-10)9(12)14-2/h4-7H,3H2,1-2H3. The summed E-state index contributed by atoms with van der Waals surface area (Å²) in [5, 5.41) is 0. The predicted molar refractivity (Wildman–Crippen MR) is 45.2 cm³/mol. The van der Waals surface area contributed by atoms with Gasteiger partial charge in [0, 0.05) is 5.92 Å². The SMILES string of the molecule is COC(=O)C1CC(C(=O)OC)C1C=O. The van der Waals surface area contributed by atoms with E-state index in [1.54, 1.807) is 0 Å². The molecule has 5 nitrogen and oxygen atoms in total. The maximum absolute atomic E-state index is 11.1. The smallest absolute Gasteiger partial charge is 0.309 e. The quantitative estimate of drug-likeness (QED) is 0.465. The van der Waals surface area contributed by atoms with Crippen molar-refractivity contribution in [2.45, 2.75) is 6.42 Å². The summed E-state index contributed by atoms with van der Waals surface area (Å²) in [6, 6.07) is 0. The van der Waals surface area contributed by atoms with Crippen molar-refractivity contribution in [2.24, 2.45) is 17.8 Å². The lowest BCUT2D eigenvalue weighted by Gasteiger charge is -2.37. The van der Waals surface area contributed by atoms with Crippen LogP contribution in [0.25, 0.3) is 0 Å². The minimum atomic E-state index is -0.588. The third kappa shape index (κ3) is 1.62. The highest BCUT2D eigenvalue weighted by molar-refractivity contribution is 5.86. The Morgan fingerprint density at radius 3 is 1.86 bits per heavy atom. The van der Waals surface area contributed by atoms with Crippen molar-refractivity contribution in [2.75, 3.05) is 14.2 Å². The van der Waals surface area contributed by atoms with Gasteiger partial charge in [-0.15, -0.1) is 0 Å². The molecule has 2 atom stereocenters. The Morgan fingerprint density at radius 1 is 1.14 bits per heavy atom. The van der Waals surface area contributed by atoms with Crippen LogP contribution in [0.15, 0.2) is 0 Å². The zero-order valence-electron chi connectivity index (χ0n) is 8.06. The zero-order valence-corrected chi connectivity index (χ0v) is 8.06. The molecule has 5 heteroatoms. The Balaban J connectivity index is 2.61. The molecule has 2 unspecified atom stereocenters. The van der Waals surface area contributed by atoms with E-state index in [1.807, 2.05) is 0 Å². The highest BCUT2D eigenvalue weighted by Gasteiger charge is 2.50. The summed E-state index contributed by atoms with van der Waals surface area (Å²) in [4.78, 5) is 32.8. The van der Waals surface area contributed by atoms with Gasteiger partial charge in [0.05, 0.1) is 26.1 Å². The van der Waals surface area contributed by atoms with Gasteiger partial charge in [-0.2, -0.15) is 0 Å². The first kappa shape index (κ1) is 10.7. The summed E-state index contributed by atoms with van der Waals surface area (Å²) in [6.45, 7) is 0. The molecule has 0 aromatic carbocycles. The van der Waals surface area contributed by atoms with Gasteiger partial charge in [0.15, 0.2) is 0 Å². The van der Waals surface area contributed by atoms with E-state index >= 15 is 0 Å². The molecule has 0 aromatic rings. The van der Waals surface area contributed by atoms with Crippen LogP contribution in [0, 0.1) is 17.8 Å². The van der Waals surface area contributed by atoms with Crippen molar-refractivity contribution in [3.8, 4) is 0 Å². The number of ether oxygens (including phenoxy) is 2. The normalized spacial score (nSPS) is 30.0. The molecule has 0 radical (unpaired) electrons. The van der Waals surface area contributed by atoms with Gasteiger partial charge in [-0.1, -0.05) is 0 Å². The first-order valence-corrected chi connectivity index (χ1v) is 4.26. The number of methoxy groups -OCH3 is 2. The molecule has 1 rings (SSSR count). The monoisotopic (exact) mass is 200 g/mol. The van der Waals surface area contributed by atoms with Crippen molar-refractivity contribution in [1.29, 1.82) is 0 Å². The Hall–Kier alpha value is -1.39. The lowest BCUT2D eigenvalue weighted by Crippen LogP contribution is -2.47. The van der Waals surface area contributed by atoms with E-state index in [2.05, 4.69) is 9.47 Å². The number of aldehydes is 1. The molecular formula is C9H12O5. The molecule has 14 heavy (non-hydrogen) atoms. The number of carbonyl (C=O) groups excluding carboxylic acids is 3. The van der Waals surface area contributed by atoms with Crippen LogP contribution < -0.4 is 0 Å². The number of hydrogen-bond donors (Lipinski definition) is 0. The summed E-state index contributed by atoms with van der Waals surface area (Å²) in [6.07, 6.45) is 0.954. The molecule has 0 aromatic heterocycles. The Morgan fingerprint density at radius 2 is 1.57 bits per heavy atom. The minimum absolute atomic E-state index is 0.336. The number of esters is 2. The largest absolute Gasteiger partial charge is 0.469 e. The van der Waals surface area contributed by atoms with Gasteiger partial charge in [-0.3, -0.25) is 9.59 Å². The van der Waals surface area contributed by atoms with Gasteiger partial charge in [-0.25, -0.2) is 0 Å². The number of rotatable bonds is 3. The second-order valence-electron chi connectivity index (χ2n) is 3.21. The van der Waals surface area contributed by atoms with E-state index < -0.39 is 29.7 Å². The average Bonchev–Trinajstić information content (AvgIpc) is 2.16. The molecule has 0 aliphatic heterocycles. The minimum Gasteiger partial charge on any atom is -0.469 e. The van der Waals surface area contributed by atoms with E-state index in [-0.39, 0.29) is 0 Å². The molecule has 0 saturated heterocycles. The number of carbonyl (C=O) groups is 3. The van der Waals surface area contributed by atoms with Crippen molar-refractivity contribution in [3.05, 3.63) is 0 Å². The molecule has 0 N–H and O–H groups in total. The van der Waals surface area contributed by atoms with Gasteiger partial charge in [0.2, 0.25) is 0 Å². The van der Waals surface area contributed by atoms with Crippen molar-refractivity contribution in [3.63, 3.8) is 0 Å². The molecule has 0 bridgehead atoms. The first-order valence-electron chi connectivity index (χ1n) is 4.26. The van der Waals surface area contributed by atoms with Crippen LogP contribution in [-0.4, -0.2) is 32.4 Å². The molecule has 1 fully saturated rings. The van der Waals surface area contributed by atoms with Crippen LogP contribution in [0.2, 0.25) is 0 Å². The van der Waals surface area contributed by atoms with Crippen LogP contribution in [0.3, 0.4) is 0 Å². The summed E-state index contributed by atoms with van der Waals surface area (Å²) >= 11 is 0. The second-order valence-corrected chi connectivity index (χ2v) is 3.21. The van der Waals surface area contributed by atoms with Gasteiger partial charge >= 0.3 is 11.9 Å². The highest BCUT2D eigenvalue weighted by atomic mass is 16.5. The van der Waals surface area contributed by atoms with Gasteiger partial charge in [0.1, 0.15) is 6.29 Å². The molecule has 1 saturated carbocycles. The lowest BCUT2D eigenvalue weighted by molar-refractivity contribution is -0.167. The summed E-state index contributed by atoms with van der Waals surface area (Å²) in [5.41, 5.74) is 0. The molecule has 1 aliphatic carbocycles. The Bertz CT molecular complexity index is 238. The Labute approximate surface area is 81.4 Å². The number of hydrogen-bond acceptors (Lipinski definition) is 5. The van der Waals surface area contributed by atoms with Crippen LogP contribution in [-0.2, 0) is 23.9 Å². The van der Waals surface area contributed by atoms with Crippen LogP contribution in [0.4, 0.5) is 0 Å². The molecule has 78 valence electrons. The third-order valence-electron chi connectivity index (χ3n) is 2.60. The fraction of sp³-hybridized carbons (Fsp3) is 0.667. The molecule has 0 heterocycles. The fourth-order valence-electron chi connectivity index (χ4n) is 1.67. The van der Waals surface area contributed by atoms with Crippen LogP contribution in [0.5, 0.6) is 0 Å². The summed E-state index contributed by atoms with van der Waals surface area (Å²) in [7, 11) is 2.52. The van der Waals surface area contributed by atoms with Crippen molar-refractivity contribution in [1.82, 2.24) is 0 Å². The van der Waals surface area contributed by atoms with Crippen molar-refractivity contribution >= 4 is 18.2 Å². The molecule has 0 spiro atoms. The molecular weight excluding hydrogens is 188 g/mol. The van der Waals surface area contributed by atoms with Crippen molar-refractivity contribution < 1.29 is 23.9 Å². The molecule has 1 aliphatic rings. The lowest BCUT2D eigenvalue weighted by atomic mass is 9.65. The Kier molecular flexibility index (Phi) is 3.22. The van der Waals surface area contributed by atoms with E-state index in [9.17, 15) is 14.4 Å². The van der Waals surface area contributed by atoms with E-state index in [0.29, 0.717) is 12.7 Å². The first-order chi connectivity index (χ1) is 6.65. The van der Waals surface area contributed by atoms with E-state index in [1.165, 1.54) is 14.2 Å². The van der Waals surface area contributed by atoms with Gasteiger partial charge < -0.3 is 14.3 Å². The van der Waals surface area contributed by atoms with Gasteiger partial charge in [-0.05, 0) is 6.42 Å². The molecule has 0 amide bonds. The summed E-state index contributed by atoms with van der Waals surface area (Å²) in [5.74, 6) is -2.44. The average molecular weight is 200 g/mol. The van der Waals surface area contributed by atoms with Crippen LogP contribution >= 0.6 is 0 Å². The van der Waals surface area contributed by atoms with E-state index in [4.69, 9.17) is 0 Å². The second kappa shape index (κ2) is 4.21. The third-order valence-corrected chi connectivity index (χ3v) is 2.60. The summed E-state index contributed by atoms with van der Waals surface area (Å²) < 4.78 is 9.00. The zero-order chi connectivity index (χ0) is 10.7.